The zero-order valence-electron chi connectivity index (χ0n) is 18.1. The van der Waals surface area contributed by atoms with Crippen LogP contribution >= 0.6 is 0 Å². The molecule has 8 nitrogen and oxygen atoms in total. The second-order valence-electron chi connectivity index (χ2n) is 7.84. The molecule has 1 saturated heterocycles. The van der Waals surface area contributed by atoms with Gasteiger partial charge in [0.05, 0.1) is 18.8 Å². The van der Waals surface area contributed by atoms with Crippen LogP contribution in [0.2, 0.25) is 0 Å². The van der Waals surface area contributed by atoms with Gasteiger partial charge in [0.25, 0.3) is 0 Å². The van der Waals surface area contributed by atoms with Gasteiger partial charge in [-0.25, -0.2) is 9.59 Å². The summed E-state index contributed by atoms with van der Waals surface area (Å²) in [7, 11) is 0. The van der Waals surface area contributed by atoms with Gasteiger partial charge in [0.2, 0.25) is 5.78 Å². The van der Waals surface area contributed by atoms with Gasteiger partial charge in [0.15, 0.2) is 6.04 Å². The molecule has 1 N–H and O–H groups in total. The van der Waals surface area contributed by atoms with Gasteiger partial charge in [-0.1, -0.05) is 42.0 Å². The van der Waals surface area contributed by atoms with E-state index in [1.54, 1.807) is 30.3 Å². The van der Waals surface area contributed by atoms with Gasteiger partial charge in [0.1, 0.15) is 19.0 Å². The monoisotopic (exact) mass is 448 g/mol. The molecule has 0 spiro atoms. The van der Waals surface area contributed by atoms with Crippen molar-refractivity contribution in [2.45, 2.75) is 26.1 Å². The summed E-state index contributed by atoms with van der Waals surface area (Å²) in [6, 6.07) is 17.2. The molecule has 0 bridgehead atoms. The maximum absolute atomic E-state index is 12.8. The third kappa shape index (κ3) is 5.06. The summed E-state index contributed by atoms with van der Waals surface area (Å²) in [5.74, 6) is -0.561. The van der Waals surface area contributed by atoms with E-state index < -0.39 is 18.1 Å². The predicted molar refractivity (Wildman–Crippen MR) is 119 cm³/mol. The molecule has 33 heavy (non-hydrogen) atoms. The maximum Gasteiger partial charge on any atom is 0.411 e. The van der Waals surface area contributed by atoms with Crippen molar-refractivity contribution in [3.8, 4) is 5.75 Å². The molecule has 170 valence electrons. The van der Waals surface area contributed by atoms with E-state index in [1.165, 1.54) is 4.90 Å². The van der Waals surface area contributed by atoms with E-state index in [0.29, 0.717) is 30.2 Å². The van der Waals surface area contributed by atoms with Crippen LogP contribution in [0.1, 0.15) is 27.2 Å². The van der Waals surface area contributed by atoms with Gasteiger partial charge in [-0.15, -0.1) is 0 Å². The summed E-state index contributed by atoms with van der Waals surface area (Å²) < 4.78 is 12.6. The number of rotatable bonds is 9. The SMILES string of the molecule is Cc1ccc(C(=O)c2cccn2CCOc2cccc(CN3C(=O)OC[C@@H]3C(=O)O)c2)cc1. The van der Waals surface area contributed by atoms with E-state index in [-0.39, 0.29) is 18.9 Å². The maximum atomic E-state index is 12.8. The largest absolute Gasteiger partial charge is 0.492 e. The number of hydrogen-bond acceptors (Lipinski definition) is 5. The molecular formula is C25H24N2O6. The Balaban J connectivity index is 1.37. The van der Waals surface area contributed by atoms with Gasteiger partial charge in [-0.2, -0.15) is 0 Å². The number of carbonyl (C=O) groups is 3. The van der Waals surface area contributed by atoms with Gasteiger partial charge in [-0.3, -0.25) is 9.69 Å². The van der Waals surface area contributed by atoms with Crippen LogP contribution in [0.4, 0.5) is 4.79 Å². The van der Waals surface area contributed by atoms with E-state index in [4.69, 9.17) is 9.47 Å². The lowest BCUT2D eigenvalue weighted by Crippen LogP contribution is -2.38. The van der Waals surface area contributed by atoms with Gasteiger partial charge in [-0.05, 0) is 36.8 Å². The number of aryl methyl sites for hydroxylation is 1. The smallest absolute Gasteiger partial charge is 0.411 e. The van der Waals surface area contributed by atoms with Crippen molar-refractivity contribution in [1.82, 2.24) is 9.47 Å². The number of aliphatic carboxylic acids is 1. The summed E-state index contributed by atoms with van der Waals surface area (Å²) in [5.41, 5.74) is 3.05. The van der Waals surface area contributed by atoms with E-state index in [9.17, 15) is 19.5 Å². The van der Waals surface area contributed by atoms with Gasteiger partial charge in [0, 0.05) is 11.8 Å². The summed E-state index contributed by atoms with van der Waals surface area (Å²) >= 11 is 0. The zero-order chi connectivity index (χ0) is 23.4. The van der Waals surface area contributed by atoms with Crippen LogP contribution in [0.3, 0.4) is 0 Å². The molecule has 1 aromatic heterocycles. The highest BCUT2D eigenvalue weighted by molar-refractivity contribution is 6.08. The topological polar surface area (TPSA) is 98.1 Å². The second kappa shape index (κ2) is 9.60. The minimum absolute atomic E-state index is 0.0486. The fourth-order valence-electron chi connectivity index (χ4n) is 3.69. The number of carboxylic acids is 1. The van der Waals surface area contributed by atoms with Crippen molar-refractivity contribution < 1.29 is 29.0 Å². The van der Waals surface area contributed by atoms with E-state index in [1.807, 2.05) is 48.0 Å². The van der Waals surface area contributed by atoms with E-state index in [2.05, 4.69) is 0 Å². The predicted octanol–water partition coefficient (Wildman–Crippen LogP) is 3.51. The van der Waals surface area contributed by atoms with Gasteiger partial charge < -0.3 is 19.1 Å². The van der Waals surface area contributed by atoms with Crippen molar-refractivity contribution in [3.63, 3.8) is 0 Å². The molecule has 0 aliphatic carbocycles. The van der Waals surface area contributed by atoms with Crippen LogP contribution in [0.5, 0.6) is 5.75 Å². The lowest BCUT2D eigenvalue weighted by molar-refractivity contribution is -0.141. The van der Waals surface area contributed by atoms with Crippen molar-refractivity contribution in [1.29, 1.82) is 0 Å². The molecule has 0 saturated carbocycles. The Hall–Kier alpha value is -4.07. The number of nitrogens with zero attached hydrogens (tertiary/aromatic N) is 2. The molecule has 1 aliphatic rings. The molecule has 2 heterocycles. The second-order valence-corrected chi connectivity index (χ2v) is 7.84. The first-order valence-corrected chi connectivity index (χ1v) is 10.6. The minimum Gasteiger partial charge on any atom is -0.492 e. The van der Waals surface area contributed by atoms with E-state index >= 15 is 0 Å². The molecule has 3 aromatic rings. The number of ketones is 1. The highest BCUT2D eigenvalue weighted by atomic mass is 16.6. The number of aromatic nitrogens is 1. The Morgan fingerprint density at radius 2 is 1.91 bits per heavy atom. The lowest BCUT2D eigenvalue weighted by atomic mass is 10.1. The fraction of sp³-hybridized carbons (Fsp3) is 0.240. The molecule has 0 radical (unpaired) electrons. The van der Waals surface area contributed by atoms with Gasteiger partial charge >= 0.3 is 12.1 Å². The molecule has 4 rings (SSSR count). The van der Waals surface area contributed by atoms with E-state index in [0.717, 1.165) is 11.1 Å². The van der Waals surface area contributed by atoms with Crippen LogP contribution in [-0.4, -0.2) is 51.7 Å². The summed E-state index contributed by atoms with van der Waals surface area (Å²) in [4.78, 5) is 37.2. The van der Waals surface area contributed by atoms with Crippen molar-refractivity contribution in [2.24, 2.45) is 0 Å². The van der Waals surface area contributed by atoms with Crippen molar-refractivity contribution >= 4 is 17.8 Å². The number of amides is 1. The van der Waals surface area contributed by atoms with Crippen LogP contribution in [0, 0.1) is 6.92 Å². The van der Waals surface area contributed by atoms with Crippen LogP contribution < -0.4 is 4.74 Å². The molecule has 1 atom stereocenters. The number of benzene rings is 2. The molecule has 2 aromatic carbocycles. The number of hydrogen-bond donors (Lipinski definition) is 1. The highest BCUT2D eigenvalue weighted by Crippen LogP contribution is 2.20. The average Bonchev–Trinajstić information content (AvgIpc) is 3.41. The van der Waals surface area contributed by atoms with Crippen LogP contribution in [0.15, 0.2) is 66.9 Å². The fourth-order valence-corrected chi connectivity index (χ4v) is 3.69. The number of ether oxygens (including phenoxy) is 2. The van der Waals surface area contributed by atoms with Crippen LogP contribution in [-0.2, 0) is 22.6 Å². The Bertz CT molecular complexity index is 1170. The Morgan fingerprint density at radius 3 is 2.67 bits per heavy atom. The highest BCUT2D eigenvalue weighted by Gasteiger charge is 2.38. The Kier molecular flexibility index (Phi) is 6.44. The lowest BCUT2D eigenvalue weighted by Gasteiger charge is -2.18. The summed E-state index contributed by atoms with van der Waals surface area (Å²) in [6.07, 6.45) is 1.19. The minimum atomic E-state index is -1.10. The Labute approximate surface area is 191 Å². The van der Waals surface area contributed by atoms with Crippen LogP contribution in [0.25, 0.3) is 0 Å². The number of carboxylic acid groups (broad SMARTS) is 1. The molecule has 1 aliphatic heterocycles. The summed E-state index contributed by atoms with van der Waals surface area (Å²) in [6.45, 7) is 2.73. The first-order valence-electron chi connectivity index (χ1n) is 10.6. The first kappa shape index (κ1) is 22.1. The average molecular weight is 448 g/mol. The Morgan fingerprint density at radius 1 is 1.12 bits per heavy atom. The zero-order valence-corrected chi connectivity index (χ0v) is 18.1. The standard InChI is InChI=1S/C25H24N2O6/c1-17-7-9-19(10-8-17)23(28)21-6-3-11-26(21)12-13-32-20-5-2-4-18(14-20)15-27-22(24(29)30)16-33-25(27)31/h2-11,14,22H,12-13,15-16H2,1H3,(H,29,30)/t22-/m1/s1. The third-order valence-corrected chi connectivity index (χ3v) is 5.49. The molecule has 0 unspecified atom stereocenters. The third-order valence-electron chi connectivity index (χ3n) is 5.49. The quantitative estimate of drug-likeness (QED) is 0.503. The molecule has 8 heteroatoms. The normalized spacial score (nSPS) is 15.4. The van der Waals surface area contributed by atoms with Crippen molar-refractivity contribution in [3.05, 3.63) is 89.2 Å². The van der Waals surface area contributed by atoms with Crippen molar-refractivity contribution in [2.75, 3.05) is 13.2 Å². The summed E-state index contributed by atoms with van der Waals surface area (Å²) in [5, 5.41) is 9.26. The number of cyclic esters (lactones) is 1. The molecule has 1 fully saturated rings. The first-order chi connectivity index (χ1) is 15.9. The molecular weight excluding hydrogens is 424 g/mol. The molecule has 1 amide bonds. The number of carbonyl (C=O) groups excluding carboxylic acids is 2.